The van der Waals surface area contributed by atoms with Crippen molar-refractivity contribution in [3.63, 3.8) is 0 Å². The Balaban J connectivity index is 3.80. The zero-order valence-corrected chi connectivity index (χ0v) is 7.42. The molecule has 0 aliphatic carbocycles. The van der Waals surface area contributed by atoms with E-state index in [9.17, 15) is 0 Å². The smallest absolute Gasteiger partial charge is 0.141 e. The molecule has 0 atom stereocenters. The molecule has 0 radical (unpaired) electrons. The normalized spacial score (nSPS) is 10.7. The molecule has 0 aromatic carbocycles. The van der Waals surface area contributed by atoms with E-state index in [2.05, 4.69) is 34.3 Å². The maximum Gasteiger partial charge on any atom is 0.141 e. The van der Waals surface area contributed by atoms with Crippen LogP contribution in [0.15, 0.2) is 22.5 Å². The fourth-order valence-corrected chi connectivity index (χ4v) is 0.518. The molecule has 0 amide bonds. The Morgan fingerprint density at radius 3 is 2.75 bits per heavy atom. The lowest BCUT2D eigenvalue weighted by atomic mass is 10.7. The number of hydrazone groups is 1. The van der Waals surface area contributed by atoms with Crippen LogP contribution in [-0.2, 0) is 4.84 Å². The number of hydrogen-bond donors (Lipinski definition) is 2. The van der Waals surface area contributed by atoms with E-state index in [0.29, 0.717) is 18.3 Å². The maximum absolute atomic E-state index is 4.88. The molecule has 0 aliphatic rings. The summed E-state index contributed by atoms with van der Waals surface area (Å²) in [5.74, 6) is 1.02. The van der Waals surface area contributed by atoms with Gasteiger partial charge in [-0.15, -0.1) is 0 Å². The first kappa shape index (κ1) is 10.6. The van der Waals surface area contributed by atoms with Gasteiger partial charge in [0.1, 0.15) is 11.7 Å². The van der Waals surface area contributed by atoms with Gasteiger partial charge in [-0.1, -0.05) is 6.58 Å². The number of amidine groups is 1. The zero-order valence-electron chi connectivity index (χ0n) is 7.42. The number of rotatable bonds is 5. The van der Waals surface area contributed by atoms with Crippen molar-refractivity contribution in [2.45, 2.75) is 13.8 Å². The standard InChI is InChI=1S/C7H14N4O/c1-5-12-11-7(3)9-6(2)10-8-4/h10H,2,4-5H2,1,3H3,(H,9,11). The van der Waals surface area contributed by atoms with Gasteiger partial charge in [0.05, 0.1) is 6.61 Å². The van der Waals surface area contributed by atoms with E-state index < -0.39 is 0 Å². The van der Waals surface area contributed by atoms with Crippen LogP contribution in [0.25, 0.3) is 0 Å². The summed E-state index contributed by atoms with van der Waals surface area (Å²) in [6.07, 6.45) is 0. The quantitative estimate of drug-likeness (QED) is 0.361. The van der Waals surface area contributed by atoms with Gasteiger partial charge in [0.25, 0.3) is 0 Å². The molecule has 0 aliphatic heterocycles. The van der Waals surface area contributed by atoms with Crippen LogP contribution in [0.2, 0.25) is 0 Å². The van der Waals surface area contributed by atoms with Crippen LogP contribution >= 0.6 is 0 Å². The molecule has 0 bridgehead atoms. The minimum atomic E-state index is 0.412. The molecule has 0 unspecified atom stereocenters. The molecule has 2 N–H and O–H groups in total. The third-order valence-corrected chi connectivity index (χ3v) is 0.875. The minimum Gasteiger partial charge on any atom is -0.275 e. The van der Waals surface area contributed by atoms with Crippen LogP contribution in [0.5, 0.6) is 0 Å². The van der Waals surface area contributed by atoms with Crippen LogP contribution in [0.4, 0.5) is 0 Å². The van der Waals surface area contributed by atoms with Crippen LogP contribution in [0.1, 0.15) is 13.8 Å². The lowest BCUT2D eigenvalue weighted by molar-refractivity contribution is 0.0964. The topological polar surface area (TPSA) is 58.0 Å². The molecule has 0 aromatic heterocycles. The fourth-order valence-electron chi connectivity index (χ4n) is 0.518. The molecule has 12 heavy (non-hydrogen) atoms. The Morgan fingerprint density at radius 1 is 1.58 bits per heavy atom. The lowest BCUT2D eigenvalue weighted by Crippen LogP contribution is -2.21. The molecule has 0 aromatic rings. The first-order valence-corrected chi connectivity index (χ1v) is 3.54. The van der Waals surface area contributed by atoms with E-state index in [0.717, 1.165) is 0 Å². The molecule has 0 rings (SSSR count). The molecule has 5 heteroatoms. The van der Waals surface area contributed by atoms with Gasteiger partial charge in [-0.25, -0.2) is 4.99 Å². The Bertz CT molecular complexity index is 188. The maximum atomic E-state index is 4.88. The Labute approximate surface area is 72.2 Å². The summed E-state index contributed by atoms with van der Waals surface area (Å²) in [5.41, 5.74) is 5.10. The van der Waals surface area contributed by atoms with Gasteiger partial charge < -0.3 is 0 Å². The van der Waals surface area contributed by atoms with E-state index in [1.165, 1.54) is 0 Å². The summed E-state index contributed by atoms with van der Waals surface area (Å²) in [4.78, 5) is 8.82. The van der Waals surface area contributed by atoms with Crippen molar-refractivity contribution in [2.24, 2.45) is 10.1 Å². The highest BCUT2D eigenvalue weighted by Gasteiger charge is 1.89. The van der Waals surface area contributed by atoms with Crippen molar-refractivity contribution in [1.82, 2.24) is 10.9 Å². The van der Waals surface area contributed by atoms with Gasteiger partial charge in [-0.05, 0) is 13.8 Å². The minimum absolute atomic E-state index is 0.412. The number of hydroxylamine groups is 1. The summed E-state index contributed by atoms with van der Waals surface area (Å²) in [7, 11) is 0. The highest BCUT2D eigenvalue weighted by molar-refractivity contribution is 5.79. The number of aliphatic imine (C=N–C) groups is 1. The summed E-state index contributed by atoms with van der Waals surface area (Å²) >= 11 is 0. The van der Waals surface area contributed by atoms with E-state index in [4.69, 9.17) is 4.84 Å². The van der Waals surface area contributed by atoms with Gasteiger partial charge in [0.15, 0.2) is 0 Å². The molecule has 68 valence electrons. The Kier molecular flexibility index (Phi) is 5.64. The van der Waals surface area contributed by atoms with Crippen molar-refractivity contribution in [1.29, 1.82) is 0 Å². The summed E-state index contributed by atoms with van der Waals surface area (Å²) < 4.78 is 0. The predicted octanol–water partition coefficient (Wildman–Crippen LogP) is 0.622. The van der Waals surface area contributed by atoms with Gasteiger partial charge >= 0.3 is 0 Å². The average Bonchev–Trinajstić information content (AvgIpc) is 2.01. The lowest BCUT2D eigenvalue weighted by Gasteiger charge is -2.04. The molecular weight excluding hydrogens is 156 g/mol. The second-order valence-corrected chi connectivity index (χ2v) is 1.95. The first-order valence-electron chi connectivity index (χ1n) is 3.54. The SMILES string of the molecule is C=NNC(=C)/N=C(/C)NOCC. The fraction of sp³-hybridized carbons (Fsp3) is 0.429. The second kappa shape index (κ2) is 6.36. The average molecular weight is 170 g/mol. The highest BCUT2D eigenvalue weighted by Crippen LogP contribution is 1.86. The molecule has 0 saturated carbocycles. The number of nitrogens with one attached hydrogen (secondary N) is 2. The van der Waals surface area contributed by atoms with E-state index in [1.807, 2.05) is 6.92 Å². The van der Waals surface area contributed by atoms with E-state index in [1.54, 1.807) is 6.92 Å². The van der Waals surface area contributed by atoms with Gasteiger partial charge in [-0.3, -0.25) is 15.7 Å². The summed E-state index contributed by atoms with van der Waals surface area (Å²) in [6.45, 7) is 11.0. The van der Waals surface area contributed by atoms with Crippen molar-refractivity contribution < 1.29 is 4.84 Å². The second-order valence-electron chi connectivity index (χ2n) is 1.95. The number of hydrogen-bond acceptors (Lipinski definition) is 4. The highest BCUT2D eigenvalue weighted by atomic mass is 16.6. The van der Waals surface area contributed by atoms with Crippen LogP contribution < -0.4 is 10.9 Å². The van der Waals surface area contributed by atoms with Gasteiger partial charge in [-0.2, -0.15) is 5.10 Å². The molecule has 0 fully saturated rings. The monoisotopic (exact) mass is 170 g/mol. The zero-order chi connectivity index (χ0) is 9.40. The van der Waals surface area contributed by atoms with Gasteiger partial charge in [0.2, 0.25) is 0 Å². The molecular formula is C7H14N4O. The predicted molar refractivity (Wildman–Crippen MR) is 49.7 cm³/mol. The van der Waals surface area contributed by atoms with Crippen LogP contribution in [0.3, 0.4) is 0 Å². The number of nitrogens with zero attached hydrogens (tertiary/aromatic N) is 2. The first-order chi connectivity index (χ1) is 5.70. The largest absolute Gasteiger partial charge is 0.275 e. The summed E-state index contributed by atoms with van der Waals surface area (Å²) in [6, 6.07) is 0. The van der Waals surface area contributed by atoms with Crippen LogP contribution in [0, 0.1) is 0 Å². The molecule has 5 nitrogen and oxygen atoms in total. The van der Waals surface area contributed by atoms with Crippen molar-refractivity contribution >= 4 is 12.6 Å². The third-order valence-electron chi connectivity index (χ3n) is 0.875. The van der Waals surface area contributed by atoms with Crippen LogP contribution in [-0.4, -0.2) is 19.2 Å². The molecule has 0 heterocycles. The van der Waals surface area contributed by atoms with E-state index >= 15 is 0 Å². The molecule has 0 saturated heterocycles. The van der Waals surface area contributed by atoms with Crippen molar-refractivity contribution in [3.05, 3.63) is 12.4 Å². The Morgan fingerprint density at radius 2 is 2.25 bits per heavy atom. The Hall–Kier alpha value is -1.36. The van der Waals surface area contributed by atoms with E-state index in [-0.39, 0.29) is 0 Å². The summed E-state index contributed by atoms with van der Waals surface area (Å²) in [5, 5.41) is 3.39. The van der Waals surface area contributed by atoms with Crippen molar-refractivity contribution in [2.75, 3.05) is 6.61 Å². The molecule has 0 spiro atoms. The third kappa shape index (κ3) is 5.43. The van der Waals surface area contributed by atoms with Crippen molar-refractivity contribution in [3.8, 4) is 0 Å². The van der Waals surface area contributed by atoms with Gasteiger partial charge in [0, 0.05) is 6.72 Å².